The van der Waals surface area contributed by atoms with Crippen molar-refractivity contribution in [3.8, 4) is 0 Å². The molecule has 1 heterocycles. The summed E-state index contributed by atoms with van der Waals surface area (Å²) in [5.74, 6) is 0.0579. The topological polar surface area (TPSA) is 72.2 Å². The standard InChI is InChI=1S/C7H11ClN2O3S/c1-5-6(2)9-13-7(5)10-14(11,12)4-3-8/h10H,3-4H2,1-2H3. The quantitative estimate of drug-likeness (QED) is 0.802. The van der Waals surface area contributed by atoms with Gasteiger partial charge in [-0.15, -0.1) is 11.6 Å². The lowest BCUT2D eigenvalue weighted by Gasteiger charge is -2.02. The number of nitrogens with one attached hydrogen (secondary N) is 1. The van der Waals surface area contributed by atoms with E-state index in [2.05, 4.69) is 9.88 Å². The molecule has 0 unspecified atom stereocenters. The molecule has 1 aromatic rings. The van der Waals surface area contributed by atoms with Crippen molar-refractivity contribution in [1.82, 2.24) is 5.16 Å². The van der Waals surface area contributed by atoms with Crippen LogP contribution in [0.5, 0.6) is 0 Å². The third-order valence-corrected chi connectivity index (χ3v) is 3.40. The van der Waals surface area contributed by atoms with Crippen molar-refractivity contribution in [3.63, 3.8) is 0 Å². The van der Waals surface area contributed by atoms with Gasteiger partial charge >= 0.3 is 0 Å². The van der Waals surface area contributed by atoms with Gasteiger partial charge in [0.15, 0.2) is 0 Å². The number of halogens is 1. The van der Waals surface area contributed by atoms with Gasteiger partial charge in [0.25, 0.3) is 0 Å². The van der Waals surface area contributed by atoms with Crippen LogP contribution in [0.1, 0.15) is 11.3 Å². The Balaban J connectivity index is 2.84. The van der Waals surface area contributed by atoms with E-state index < -0.39 is 10.0 Å². The molecule has 0 radical (unpaired) electrons. The molecule has 0 amide bonds. The summed E-state index contributed by atoms with van der Waals surface area (Å²) in [4.78, 5) is 0. The van der Waals surface area contributed by atoms with Crippen molar-refractivity contribution in [3.05, 3.63) is 11.3 Å². The molecule has 0 bridgehead atoms. The number of hydrogen-bond acceptors (Lipinski definition) is 4. The monoisotopic (exact) mass is 238 g/mol. The number of aryl methyl sites for hydroxylation is 1. The first kappa shape index (κ1) is 11.3. The number of rotatable bonds is 4. The second-order valence-corrected chi connectivity index (χ2v) is 5.05. The van der Waals surface area contributed by atoms with Crippen LogP contribution in [0.15, 0.2) is 4.52 Å². The van der Waals surface area contributed by atoms with E-state index in [-0.39, 0.29) is 17.5 Å². The Morgan fingerprint density at radius 2 is 2.14 bits per heavy atom. The fourth-order valence-corrected chi connectivity index (χ4v) is 2.19. The van der Waals surface area contributed by atoms with Crippen LogP contribution in [-0.2, 0) is 10.0 Å². The number of hydrogen-bond donors (Lipinski definition) is 1. The zero-order valence-electron chi connectivity index (χ0n) is 7.87. The van der Waals surface area contributed by atoms with Gasteiger partial charge < -0.3 is 4.52 Å². The lowest BCUT2D eigenvalue weighted by molar-refractivity contribution is 0.430. The summed E-state index contributed by atoms with van der Waals surface area (Å²) < 4.78 is 29.6. The van der Waals surface area contributed by atoms with E-state index in [9.17, 15) is 8.42 Å². The first-order valence-corrected chi connectivity index (χ1v) is 6.14. The third kappa shape index (κ3) is 2.62. The number of sulfonamides is 1. The molecule has 0 aromatic carbocycles. The maximum Gasteiger partial charge on any atom is 0.241 e. The molecule has 0 saturated heterocycles. The molecule has 0 saturated carbocycles. The summed E-state index contributed by atoms with van der Waals surface area (Å²) in [6.07, 6.45) is 0. The predicted octanol–water partition coefficient (Wildman–Crippen LogP) is 1.27. The summed E-state index contributed by atoms with van der Waals surface area (Å²) >= 11 is 5.33. The largest absolute Gasteiger partial charge is 0.337 e. The zero-order chi connectivity index (χ0) is 10.8. The molecule has 0 fully saturated rings. The van der Waals surface area contributed by atoms with Gasteiger partial charge in [0, 0.05) is 11.4 Å². The first-order valence-electron chi connectivity index (χ1n) is 3.95. The molecule has 0 aliphatic rings. The minimum atomic E-state index is -3.41. The highest BCUT2D eigenvalue weighted by Gasteiger charge is 2.15. The Bertz CT molecular complexity index is 413. The van der Waals surface area contributed by atoms with E-state index in [0.717, 1.165) is 0 Å². The van der Waals surface area contributed by atoms with Crippen molar-refractivity contribution < 1.29 is 12.9 Å². The van der Waals surface area contributed by atoms with Crippen LogP contribution in [0.4, 0.5) is 5.88 Å². The lowest BCUT2D eigenvalue weighted by Crippen LogP contribution is -2.17. The van der Waals surface area contributed by atoms with Crippen LogP contribution in [0, 0.1) is 13.8 Å². The zero-order valence-corrected chi connectivity index (χ0v) is 9.44. The Kier molecular flexibility index (Phi) is 3.38. The van der Waals surface area contributed by atoms with Crippen molar-refractivity contribution in [2.24, 2.45) is 0 Å². The molecule has 0 aliphatic carbocycles. The molecule has 14 heavy (non-hydrogen) atoms. The Hall–Kier alpha value is -0.750. The highest BCUT2D eigenvalue weighted by molar-refractivity contribution is 7.92. The molecule has 1 aromatic heterocycles. The van der Waals surface area contributed by atoms with Gasteiger partial charge in [-0.2, -0.15) is 0 Å². The van der Waals surface area contributed by atoms with Crippen molar-refractivity contribution in [2.45, 2.75) is 13.8 Å². The molecule has 0 aliphatic heterocycles. The minimum absolute atomic E-state index is 0.0432. The molecule has 0 atom stereocenters. The molecule has 1 rings (SSSR count). The van der Waals surface area contributed by atoms with E-state index in [0.29, 0.717) is 11.3 Å². The minimum Gasteiger partial charge on any atom is -0.337 e. The summed E-state index contributed by atoms with van der Waals surface area (Å²) in [6.45, 7) is 3.46. The van der Waals surface area contributed by atoms with Gasteiger partial charge in [0.05, 0.1) is 11.4 Å². The van der Waals surface area contributed by atoms with Crippen LogP contribution < -0.4 is 4.72 Å². The third-order valence-electron chi connectivity index (χ3n) is 1.75. The van der Waals surface area contributed by atoms with E-state index in [1.165, 1.54) is 0 Å². The van der Waals surface area contributed by atoms with Crippen LogP contribution in [0.3, 0.4) is 0 Å². The average molecular weight is 239 g/mol. The van der Waals surface area contributed by atoms with E-state index in [1.54, 1.807) is 13.8 Å². The van der Waals surface area contributed by atoms with Gasteiger partial charge in [0.2, 0.25) is 15.9 Å². The van der Waals surface area contributed by atoms with E-state index in [1.807, 2.05) is 0 Å². The van der Waals surface area contributed by atoms with Crippen molar-refractivity contribution >= 4 is 27.5 Å². The molecule has 0 spiro atoms. The molecule has 7 heteroatoms. The molecular weight excluding hydrogens is 228 g/mol. The predicted molar refractivity (Wildman–Crippen MR) is 54.1 cm³/mol. The molecule has 5 nitrogen and oxygen atoms in total. The summed E-state index contributed by atoms with van der Waals surface area (Å²) in [6, 6.07) is 0. The van der Waals surface area contributed by atoms with Crippen molar-refractivity contribution in [2.75, 3.05) is 16.4 Å². The van der Waals surface area contributed by atoms with Gasteiger partial charge in [-0.05, 0) is 13.8 Å². The Morgan fingerprint density at radius 1 is 1.50 bits per heavy atom. The summed E-state index contributed by atoms with van der Waals surface area (Å²) in [7, 11) is -3.41. The van der Waals surface area contributed by atoms with Crippen LogP contribution in [-0.4, -0.2) is 25.2 Å². The average Bonchev–Trinajstić information content (AvgIpc) is 2.35. The Morgan fingerprint density at radius 3 is 2.57 bits per heavy atom. The molecule has 80 valence electrons. The SMILES string of the molecule is Cc1noc(NS(=O)(=O)CCCl)c1C. The van der Waals surface area contributed by atoms with Gasteiger partial charge in [-0.25, -0.2) is 8.42 Å². The smallest absolute Gasteiger partial charge is 0.241 e. The summed E-state index contributed by atoms with van der Waals surface area (Å²) in [5.41, 5.74) is 1.34. The van der Waals surface area contributed by atoms with Gasteiger partial charge in [-0.1, -0.05) is 5.16 Å². The van der Waals surface area contributed by atoms with Crippen LogP contribution >= 0.6 is 11.6 Å². The maximum atomic E-state index is 11.3. The maximum absolute atomic E-state index is 11.3. The fraction of sp³-hybridized carbons (Fsp3) is 0.571. The van der Waals surface area contributed by atoms with Crippen LogP contribution in [0.2, 0.25) is 0 Å². The number of alkyl halides is 1. The molecular formula is C7H11ClN2O3S. The fourth-order valence-electron chi connectivity index (χ4n) is 0.804. The van der Waals surface area contributed by atoms with Crippen molar-refractivity contribution in [1.29, 1.82) is 0 Å². The van der Waals surface area contributed by atoms with Gasteiger partial charge in [0.1, 0.15) is 0 Å². The second-order valence-electron chi connectivity index (χ2n) is 2.83. The molecule has 1 N–H and O–H groups in total. The Labute approximate surface area is 87.5 Å². The lowest BCUT2D eigenvalue weighted by atomic mass is 10.3. The number of aromatic nitrogens is 1. The van der Waals surface area contributed by atoms with Crippen LogP contribution in [0.25, 0.3) is 0 Å². The second kappa shape index (κ2) is 4.18. The normalized spacial score (nSPS) is 11.6. The van der Waals surface area contributed by atoms with Gasteiger partial charge in [-0.3, -0.25) is 4.72 Å². The highest BCUT2D eigenvalue weighted by atomic mass is 35.5. The van der Waals surface area contributed by atoms with E-state index >= 15 is 0 Å². The number of nitrogens with zero attached hydrogens (tertiary/aromatic N) is 1. The summed E-state index contributed by atoms with van der Waals surface area (Å²) in [5, 5.41) is 3.63. The highest BCUT2D eigenvalue weighted by Crippen LogP contribution is 2.18. The first-order chi connectivity index (χ1) is 6.46. The number of anilines is 1. The van der Waals surface area contributed by atoms with E-state index in [4.69, 9.17) is 16.1 Å².